The Morgan fingerprint density at radius 2 is 1.61 bits per heavy atom. The van der Waals surface area contributed by atoms with Crippen molar-refractivity contribution in [3.05, 3.63) is 80.0 Å². The number of halogens is 1. The van der Waals surface area contributed by atoms with Crippen molar-refractivity contribution in [1.29, 1.82) is 0 Å². The average molecular weight is 435 g/mol. The second-order valence-corrected chi connectivity index (χ2v) is 7.69. The third-order valence-electron chi connectivity index (χ3n) is 5.16. The zero-order chi connectivity index (χ0) is 19.6. The minimum Gasteiger partial charge on any atom is -0.297 e. The molecule has 0 bridgehead atoms. The van der Waals surface area contributed by atoms with Crippen LogP contribution < -0.4 is 11.2 Å². The first kappa shape index (κ1) is 16.9. The molecule has 3 heterocycles. The van der Waals surface area contributed by atoms with Gasteiger partial charge in [0, 0.05) is 30.3 Å². The predicted molar refractivity (Wildman–Crippen MR) is 114 cm³/mol. The SMILES string of the molecule is Cn1c(=O)c2c(-c3ccc(Br)cc3)c3nc4ccccc4n3cc2n(C)c1=O. The van der Waals surface area contributed by atoms with Gasteiger partial charge in [-0.05, 0) is 29.8 Å². The maximum absolute atomic E-state index is 13.1. The predicted octanol–water partition coefficient (Wildman–Crippen LogP) is 3.47. The molecule has 0 amide bonds. The molecule has 0 saturated heterocycles. The summed E-state index contributed by atoms with van der Waals surface area (Å²) in [5.41, 5.74) is 3.91. The highest BCUT2D eigenvalue weighted by atomic mass is 79.9. The van der Waals surface area contributed by atoms with Gasteiger partial charge in [-0.1, -0.05) is 40.2 Å². The van der Waals surface area contributed by atoms with Crippen molar-refractivity contribution < 1.29 is 0 Å². The van der Waals surface area contributed by atoms with Crippen LogP contribution >= 0.6 is 15.9 Å². The summed E-state index contributed by atoms with van der Waals surface area (Å²) in [5, 5.41) is 0.481. The summed E-state index contributed by atoms with van der Waals surface area (Å²) >= 11 is 3.46. The first-order valence-corrected chi connectivity index (χ1v) is 9.52. The van der Waals surface area contributed by atoms with E-state index in [1.807, 2.05) is 59.1 Å². The molecule has 3 aromatic heterocycles. The van der Waals surface area contributed by atoms with Crippen LogP contribution in [0.5, 0.6) is 0 Å². The molecule has 0 aliphatic carbocycles. The second kappa shape index (κ2) is 5.90. The maximum atomic E-state index is 13.1. The number of benzene rings is 2. The average Bonchev–Trinajstić information content (AvgIpc) is 3.08. The molecule has 0 aliphatic rings. The largest absolute Gasteiger partial charge is 0.330 e. The summed E-state index contributed by atoms with van der Waals surface area (Å²) in [4.78, 5) is 30.5. The quantitative estimate of drug-likeness (QED) is 0.405. The molecule has 5 rings (SSSR count). The molecule has 0 fully saturated rings. The van der Waals surface area contributed by atoms with Gasteiger partial charge >= 0.3 is 5.69 Å². The van der Waals surface area contributed by atoms with Crippen LogP contribution in [-0.4, -0.2) is 18.5 Å². The van der Waals surface area contributed by atoms with Crippen molar-refractivity contribution >= 4 is 43.5 Å². The lowest BCUT2D eigenvalue weighted by Gasteiger charge is -2.13. The summed E-state index contributed by atoms with van der Waals surface area (Å²) in [6.07, 6.45) is 1.82. The van der Waals surface area contributed by atoms with E-state index in [1.54, 1.807) is 7.05 Å². The molecule has 7 heteroatoms. The molecule has 6 nitrogen and oxygen atoms in total. The first-order valence-electron chi connectivity index (χ1n) is 8.73. The second-order valence-electron chi connectivity index (χ2n) is 6.77. The van der Waals surface area contributed by atoms with Gasteiger partial charge < -0.3 is 0 Å². The number of aromatic nitrogens is 4. The van der Waals surface area contributed by atoms with Crippen LogP contribution in [0.25, 0.3) is 38.7 Å². The van der Waals surface area contributed by atoms with E-state index in [0.717, 1.165) is 31.2 Å². The topological polar surface area (TPSA) is 61.3 Å². The Labute approximate surface area is 167 Å². The fraction of sp³-hybridized carbons (Fsp3) is 0.0952. The van der Waals surface area contributed by atoms with Crippen LogP contribution in [-0.2, 0) is 14.1 Å². The normalized spacial score (nSPS) is 11.7. The Balaban J connectivity index is 2.13. The summed E-state index contributed by atoms with van der Waals surface area (Å²) in [6.45, 7) is 0. The number of rotatable bonds is 1. The van der Waals surface area contributed by atoms with Crippen molar-refractivity contribution in [3.63, 3.8) is 0 Å². The standard InChI is InChI=1S/C21H15BrN4O2/c1-24-16-11-26-15-6-4-3-5-14(15)23-19(26)17(12-7-9-13(22)10-8-12)18(16)20(27)25(2)21(24)28/h3-11H,1-2H3. The number of pyridine rings is 1. The molecule has 0 radical (unpaired) electrons. The molecule has 5 aromatic rings. The highest BCUT2D eigenvalue weighted by molar-refractivity contribution is 9.10. The smallest absolute Gasteiger partial charge is 0.297 e. The lowest BCUT2D eigenvalue weighted by atomic mass is 10.0. The van der Waals surface area contributed by atoms with E-state index in [1.165, 1.54) is 11.6 Å². The molecule has 138 valence electrons. The van der Waals surface area contributed by atoms with Gasteiger partial charge in [0.05, 0.1) is 21.9 Å². The molecule has 0 unspecified atom stereocenters. The zero-order valence-corrected chi connectivity index (χ0v) is 16.8. The fourth-order valence-electron chi connectivity index (χ4n) is 3.72. The molecular weight excluding hydrogens is 420 g/mol. The summed E-state index contributed by atoms with van der Waals surface area (Å²) in [6, 6.07) is 15.6. The number of para-hydroxylation sites is 2. The third kappa shape index (κ3) is 2.23. The van der Waals surface area contributed by atoms with Crippen molar-refractivity contribution in [2.75, 3.05) is 0 Å². The van der Waals surface area contributed by atoms with Crippen LogP contribution in [0.1, 0.15) is 0 Å². The highest BCUT2D eigenvalue weighted by Crippen LogP contribution is 2.33. The minimum atomic E-state index is -0.358. The van der Waals surface area contributed by atoms with Gasteiger partial charge in [0.1, 0.15) is 5.65 Å². The number of imidazole rings is 1. The molecular formula is C21H15BrN4O2. The van der Waals surface area contributed by atoms with Crippen molar-refractivity contribution in [2.24, 2.45) is 14.1 Å². The van der Waals surface area contributed by atoms with Crippen LogP contribution in [0.3, 0.4) is 0 Å². The fourth-order valence-corrected chi connectivity index (χ4v) is 3.99. The number of aryl methyl sites for hydroxylation is 1. The lowest BCUT2D eigenvalue weighted by Crippen LogP contribution is -2.37. The molecule has 0 spiro atoms. The van der Waals surface area contributed by atoms with Crippen molar-refractivity contribution in [3.8, 4) is 11.1 Å². The first-order chi connectivity index (χ1) is 13.5. The van der Waals surface area contributed by atoms with Gasteiger partial charge in [-0.25, -0.2) is 9.78 Å². The summed E-state index contributed by atoms with van der Waals surface area (Å²) in [5.74, 6) is 0. The van der Waals surface area contributed by atoms with Crippen molar-refractivity contribution in [1.82, 2.24) is 18.5 Å². The van der Waals surface area contributed by atoms with E-state index in [4.69, 9.17) is 4.98 Å². The van der Waals surface area contributed by atoms with Gasteiger partial charge in [-0.15, -0.1) is 0 Å². The Hall–Kier alpha value is -3.19. The molecule has 0 aliphatic heterocycles. The van der Waals surface area contributed by atoms with Gasteiger partial charge in [0.2, 0.25) is 0 Å². The Morgan fingerprint density at radius 1 is 0.893 bits per heavy atom. The molecule has 0 saturated carbocycles. The number of nitrogens with zero attached hydrogens (tertiary/aromatic N) is 4. The van der Waals surface area contributed by atoms with E-state index in [2.05, 4.69) is 15.9 Å². The van der Waals surface area contributed by atoms with Crippen LogP contribution in [0.15, 0.2) is 68.8 Å². The van der Waals surface area contributed by atoms with E-state index < -0.39 is 0 Å². The lowest BCUT2D eigenvalue weighted by molar-refractivity contribution is 0.712. The van der Waals surface area contributed by atoms with E-state index in [9.17, 15) is 9.59 Å². The Morgan fingerprint density at radius 3 is 2.36 bits per heavy atom. The number of fused-ring (bicyclic) bond motifs is 4. The van der Waals surface area contributed by atoms with Gasteiger partial charge in [-0.3, -0.25) is 18.3 Å². The third-order valence-corrected chi connectivity index (χ3v) is 5.69. The molecule has 0 N–H and O–H groups in total. The molecule has 2 aromatic carbocycles. The molecule has 0 atom stereocenters. The van der Waals surface area contributed by atoms with Crippen LogP contribution in [0.4, 0.5) is 0 Å². The zero-order valence-electron chi connectivity index (χ0n) is 15.2. The number of hydrogen-bond acceptors (Lipinski definition) is 3. The molecule has 28 heavy (non-hydrogen) atoms. The summed E-state index contributed by atoms with van der Waals surface area (Å²) in [7, 11) is 3.18. The Kier molecular flexibility index (Phi) is 3.57. The van der Waals surface area contributed by atoms with Gasteiger partial charge in [0.15, 0.2) is 0 Å². The van der Waals surface area contributed by atoms with E-state index in [0.29, 0.717) is 16.6 Å². The highest BCUT2D eigenvalue weighted by Gasteiger charge is 2.20. The monoisotopic (exact) mass is 434 g/mol. The minimum absolute atomic E-state index is 0.328. The number of hydrogen-bond donors (Lipinski definition) is 0. The van der Waals surface area contributed by atoms with Gasteiger partial charge in [-0.2, -0.15) is 0 Å². The summed E-state index contributed by atoms with van der Waals surface area (Å²) < 4.78 is 5.55. The van der Waals surface area contributed by atoms with E-state index >= 15 is 0 Å². The Bertz CT molecular complexity index is 1520. The van der Waals surface area contributed by atoms with E-state index in [-0.39, 0.29) is 11.2 Å². The van der Waals surface area contributed by atoms with Gasteiger partial charge in [0.25, 0.3) is 5.56 Å². The van der Waals surface area contributed by atoms with Crippen molar-refractivity contribution in [2.45, 2.75) is 0 Å². The van der Waals surface area contributed by atoms with Crippen LogP contribution in [0.2, 0.25) is 0 Å². The maximum Gasteiger partial charge on any atom is 0.330 e. The van der Waals surface area contributed by atoms with Crippen LogP contribution in [0, 0.1) is 0 Å².